The van der Waals surface area contributed by atoms with Crippen LogP contribution in [0.25, 0.3) is 0 Å². The van der Waals surface area contributed by atoms with E-state index in [4.69, 9.17) is 4.74 Å². The molecule has 0 aromatic heterocycles. The van der Waals surface area contributed by atoms with Crippen LogP contribution in [0.2, 0.25) is 0 Å². The lowest BCUT2D eigenvalue weighted by atomic mass is 10.0. The lowest BCUT2D eigenvalue weighted by molar-refractivity contribution is 0.101. The number of carbonyl (C=O) groups is 1. The normalized spacial score (nSPS) is 21.1. The average molecular weight is 190 g/mol. The SMILES string of the molecule is CC(=O)c1cccc(C2CCCO2)c1. The maximum Gasteiger partial charge on any atom is 0.159 e. The third-order valence-electron chi connectivity index (χ3n) is 2.59. The monoisotopic (exact) mass is 190 g/mol. The Hall–Kier alpha value is -1.15. The van der Waals surface area contributed by atoms with Crippen molar-refractivity contribution in [2.24, 2.45) is 0 Å². The lowest BCUT2D eigenvalue weighted by Crippen LogP contribution is -1.99. The van der Waals surface area contributed by atoms with Crippen molar-refractivity contribution in [2.45, 2.75) is 25.9 Å². The number of benzene rings is 1. The third kappa shape index (κ3) is 1.85. The van der Waals surface area contributed by atoms with Crippen LogP contribution in [0.3, 0.4) is 0 Å². The number of ketones is 1. The Balaban J connectivity index is 2.25. The van der Waals surface area contributed by atoms with Crippen LogP contribution in [0.4, 0.5) is 0 Å². The van der Waals surface area contributed by atoms with Crippen molar-refractivity contribution in [1.82, 2.24) is 0 Å². The van der Waals surface area contributed by atoms with Crippen molar-refractivity contribution in [3.63, 3.8) is 0 Å². The molecule has 1 aromatic carbocycles. The Bertz CT molecular complexity index is 338. The Kier molecular flexibility index (Phi) is 2.64. The van der Waals surface area contributed by atoms with Crippen molar-refractivity contribution in [2.75, 3.05) is 6.61 Å². The molecule has 1 unspecified atom stereocenters. The smallest absolute Gasteiger partial charge is 0.159 e. The van der Waals surface area contributed by atoms with E-state index >= 15 is 0 Å². The molecule has 1 aliphatic rings. The summed E-state index contributed by atoms with van der Waals surface area (Å²) < 4.78 is 5.56. The van der Waals surface area contributed by atoms with Crippen LogP contribution in [-0.2, 0) is 4.74 Å². The molecule has 2 heteroatoms. The molecular formula is C12H14O2. The van der Waals surface area contributed by atoms with Crippen LogP contribution in [0, 0.1) is 0 Å². The summed E-state index contributed by atoms with van der Waals surface area (Å²) in [4.78, 5) is 11.2. The van der Waals surface area contributed by atoms with Gasteiger partial charge in [-0.05, 0) is 31.4 Å². The molecule has 2 rings (SSSR count). The van der Waals surface area contributed by atoms with Gasteiger partial charge in [-0.1, -0.05) is 18.2 Å². The molecule has 0 aliphatic carbocycles. The summed E-state index contributed by atoms with van der Waals surface area (Å²) in [5, 5.41) is 0. The van der Waals surface area contributed by atoms with E-state index in [1.165, 1.54) is 0 Å². The Morgan fingerprint density at radius 1 is 1.50 bits per heavy atom. The number of rotatable bonds is 2. The van der Waals surface area contributed by atoms with Crippen LogP contribution in [-0.4, -0.2) is 12.4 Å². The zero-order chi connectivity index (χ0) is 9.97. The summed E-state index contributed by atoms with van der Waals surface area (Å²) in [6, 6.07) is 7.75. The van der Waals surface area contributed by atoms with Gasteiger partial charge in [0.15, 0.2) is 5.78 Å². The predicted molar refractivity (Wildman–Crippen MR) is 54.4 cm³/mol. The maximum absolute atomic E-state index is 11.2. The van der Waals surface area contributed by atoms with E-state index in [1.807, 2.05) is 24.3 Å². The standard InChI is InChI=1S/C12H14O2/c1-9(13)10-4-2-5-11(8-10)12-6-3-7-14-12/h2,4-5,8,12H,3,6-7H2,1H3. The second-order valence-electron chi connectivity index (χ2n) is 3.68. The minimum absolute atomic E-state index is 0.116. The molecule has 0 bridgehead atoms. The van der Waals surface area contributed by atoms with E-state index in [9.17, 15) is 4.79 Å². The van der Waals surface area contributed by atoms with Gasteiger partial charge in [0.05, 0.1) is 6.10 Å². The summed E-state index contributed by atoms with van der Waals surface area (Å²) in [5.41, 5.74) is 1.91. The first-order valence-corrected chi connectivity index (χ1v) is 5.00. The predicted octanol–water partition coefficient (Wildman–Crippen LogP) is 2.74. The van der Waals surface area contributed by atoms with Gasteiger partial charge < -0.3 is 4.74 Å². The minimum Gasteiger partial charge on any atom is -0.374 e. The first-order chi connectivity index (χ1) is 6.77. The van der Waals surface area contributed by atoms with E-state index in [0.717, 1.165) is 30.6 Å². The summed E-state index contributed by atoms with van der Waals surface area (Å²) in [6.45, 7) is 2.43. The highest BCUT2D eigenvalue weighted by Crippen LogP contribution is 2.28. The molecule has 0 spiro atoms. The Labute approximate surface area is 83.9 Å². The quantitative estimate of drug-likeness (QED) is 0.670. The third-order valence-corrected chi connectivity index (χ3v) is 2.59. The summed E-state index contributed by atoms with van der Waals surface area (Å²) >= 11 is 0. The van der Waals surface area contributed by atoms with Crippen molar-refractivity contribution in [3.8, 4) is 0 Å². The fourth-order valence-corrected chi connectivity index (χ4v) is 1.80. The second kappa shape index (κ2) is 3.93. The van der Waals surface area contributed by atoms with Crippen LogP contribution < -0.4 is 0 Å². The van der Waals surface area contributed by atoms with Gasteiger partial charge in [0.1, 0.15) is 0 Å². The van der Waals surface area contributed by atoms with Gasteiger partial charge in [-0.3, -0.25) is 4.79 Å². The zero-order valence-corrected chi connectivity index (χ0v) is 8.32. The molecule has 1 aliphatic heterocycles. The largest absolute Gasteiger partial charge is 0.374 e. The van der Waals surface area contributed by atoms with Gasteiger partial charge in [-0.15, -0.1) is 0 Å². The fraction of sp³-hybridized carbons (Fsp3) is 0.417. The van der Waals surface area contributed by atoms with Crippen molar-refractivity contribution in [3.05, 3.63) is 35.4 Å². The molecule has 0 N–H and O–H groups in total. The maximum atomic E-state index is 11.2. The molecule has 74 valence electrons. The van der Waals surface area contributed by atoms with E-state index in [0.29, 0.717) is 0 Å². The van der Waals surface area contributed by atoms with Crippen LogP contribution in [0.15, 0.2) is 24.3 Å². The molecule has 0 radical (unpaired) electrons. The first-order valence-electron chi connectivity index (χ1n) is 5.00. The fourth-order valence-electron chi connectivity index (χ4n) is 1.80. The van der Waals surface area contributed by atoms with Crippen LogP contribution in [0.5, 0.6) is 0 Å². The Morgan fingerprint density at radius 3 is 3.00 bits per heavy atom. The summed E-state index contributed by atoms with van der Waals surface area (Å²) in [6.07, 6.45) is 2.39. The summed E-state index contributed by atoms with van der Waals surface area (Å²) in [7, 11) is 0. The van der Waals surface area contributed by atoms with Gasteiger partial charge in [0, 0.05) is 12.2 Å². The molecule has 1 heterocycles. The highest BCUT2D eigenvalue weighted by molar-refractivity contribution is 5.94. The molecule has 0 saturated carbocycles. The van der Waals surface area contributed by atoms with Crippen molar-refractivity contribution < 1.29 is 9.53 Å². The minimum atomic E-state index is 0.116. The number of hydrogen-bond donors (Lipinski definition) is 0. The molecule has 14 heavy (non-hydrogen) atoms. The van der Waals surface area contributed by atoms with E-state index in [1.54, 1.807) is 6.92 Å². The molecule has 1 fully saturated rings. The van der Waals surface area contributed by atoms with Crippen LogP contribution in [0.1, 0.15) is 41.8 Å². The molecule has 1 aromatic rings. The highest BCUT2D eigenvalue weighted by atomic mass is 16.5. The van der Waals surface area contributed by atoms with E-state index < -0.39 is 0 Å². The summed E-state index contributed by atoms with van der Waals surface area (Å²) in [5.74, 6) is 0.116. The van der Waals surface area contributed by atoms with Gasteiger partial charge in [0.25, 0.3) is 0 Å². The van der Waals surface area contributed by atoms with Crippen LogP contribution >= 0.6 is 0 Å². The highest BCUT2D eigenvalue weighted by Gasteiger charge is 2.17. The first kappa shape index (κ1) is 9.41. The second-order valence-corrected chi connectivity index (χ2v) is 3.68. The van der Waals surface area contributed by atoms with E-state index in [2.05, 4.69) is 0 Å². The number of carbonyl (C=O) groups excluding carboxylic acids is 1. The number of Topliss-reactive ketones (excluding diaryl/α,β-unsaturated/α-hetero) is 1. The molecular weight excluding hydrogens is 176 g/mol. The molecule has 2 nitrogen and oxygen atoms in total. The van der Waals surface area contributed by atoms with Gasteiger partial charge in [-0.25, -0.2) is 0 Å². The van der Waals surface area contributed by atoms with Gasteiger partial charge in [0.2, 0.25) is 0 Å². The van der Waals surface area contributed by atoms with Gasteiger partial charge in [-0.2, -0.15) is 0 Å². The lowest BCUT2D eigenvalue weighted by Gasteiger charge is -2.10. The van der Waals surface area contributed by atoms with E-state index in [-0.39, 0.29) is 11.9 Å². The Morgan fingerprint density at radius 2 is 2.36 bits per heavy atom. The number of hydrogen-bond acceptors (Lipinski definition) is 2. The van der Waals surface area contributed by atoms with Crippen molar-refractivity contribution >= 4 is 5.78 Å². The zero-order valence-electron chi connectivity index (χ0n) is 8.32. The molecule has 1 saturated heterocycles. The number of ether oxygens (including phenoxy) is 1. The topological polar surface area (TPSA) is 26.3 Å². The van der Waals surface area contributed by atoms with Crippen molar-refractivity contribution in [1.29, 1.82) is 0 Å². The molecule has 0 amide bonds. The molecule has 1 atom stereocenters. The average Bonchev–Trinajstić information content (AvgIpc) is 2.71. The van der Waals surface area contributed by atoms with Gasteiger partial charge >= 0.3 is 0 Å².